The van der Waals surface area contributed by atoms with E-state index in [0.717, 1.165) is 22.4 Å². The summed E-state index contributed by atoms with van der Waals surface area (Å²) in [6.45, 7) is 0. The molecule has 138 valence electrons. The highest BCUT2D eigenvalue weighted by Gasteiger charge is 2.18. The Morgan fingerprint density at radius 2 is 1.43 bits per heavy atom. The Bertz CT molecular complexity index is 1160. The molecule has 1 heterocycles. The number of para-hydroxylation sites is 1. The zero-order chi connectivity index (χ0) is 19.3. The van der Waals surface area contributed by atoms with Crippen LogP contribution in [0.25, 0.3) is 34.9 Å². The summed E-state index contributed by atoms with van der Waals surface area (Å²) in [5.74, 6) is 0.838. The monoisotopic (exact) mass is 369 g/mol. The zero-order valence-electron chi connectivity index (χ0n) is 15.4. The molecule has 0 aliphatic carbocycles. The van der Waals surface area contributed by atoms with Crippen LogP contribution in [0.4, 0.5) is 0 Å². The summed E-state index contributed by atoms with van der Waals surface area (Å²) in [5, 5.41) is 0. The Morgan fingerprint density at radius 1 is 0.821 bits per heavy atom. The summed E-state index contributed by atoms with van der Waals surface area (Å²) in [6, 6.07) is 27.0. The minimum atomic E-state index is -0.441. The molecule has 0 saturated carbocycles. The molecule has 0 atom stereocenters. The van der Waals surface area contributed by atoms with Crippen LogP contribution in [0, 0.1) is 0 Å². The van der Waals surface area contributed by atoms with Gasteiger partial charge in [0, 0.05) is 22.9 Å². The van der Waals surface area contributed by atoms with Gasteiger partial charge in [-0.1, -0.05) is 78.9 Å². The number of hydrogen-bond donors (Lipinski definition) is 0. The van der Waals surface area contributed by atoms with Crippen molar-refractivity contribution < 1.29 is 9.15 Å². The van der Waals surface area contributed by atoms with Crippen LogP contribution in [0.5, 0.6) is 5.75 Å². The molecular weight excluding hydrogens is 350 g/mol. The van der Waals surface area contributed by atoms with E-state index in [2.05, 4.69) is 0 Å². The van der Waals surface area contributed by atoms with Gasteiger partial charge >= 0.3 is 5.76 Å². The lowest BCUT2D eigenvalue weighted by Gasteiger charge is -2.06. The largest absolute Gasteiger partial charge is 0.496 e. The van der Waals surface area contributed by atoms with Gasteiger partial charge in [0.2, 0.25) is 0 Å². The molecular formula is C24H19NO3. The number of aromatic nitrogens is 1. The normalized spacial score (nSPS) is 11.0. The lowest BCUT2D eigenvalue weighted by Crippen LogP contribution is -2.09. The summed E-state index contributed by atoms with van der Waals surface area (Å²) < 4.78 is 12.6. The summed E-state index contributed by atoms with van der Waals surface area (Å²) in [7, 11) is 1.62. The van der Waals surface area contributed by atoms with Crippen molar-refractivity contribution in [2.75, 3.05) is 7.11 Å². The molecule has 4 aromatic rings. The van der Waals surface area contributed by atoms with Crippen LogP contribution in [-0.4, -0.2) is 11.7 Å². The molecule has 0 spiro atoms. The SMILES string of the molecule is COc1ccccc1/C=C/n1c(-c2ccccc2)c(-c2ccccc2)oc1=O. The Morgan fingerprint density at radius 3 is 2.11 bits per heavy atom. The van der Waals surface area contributed by atoms with E-state index in [1.54, 1.807) is 13.3 Å². The second-order valence-corrected chi connectivity index (χ2v) is 6.21. The van der Waals surface area contributed by atoms with Crippen molar-refractivity contribution in [2.24, 2.45) is 0 Å². The molecule has 0 N–H and O–H groups in total. The second-order valence-electron chi connectivity index (χ2n) is 6.21. The van der Waals surface area contributed by atoms with Crippen LogP contribution < -0.4 is 10.5 Å². The van der Waals surface area contributed by atoms with Crippen molar-refractivity contribution in [3.63, 3.8) is 0 Å². The van der Waals surface area contributed by atoms with E-state index in [1.807, 2.05) is 91.0 Å². The molecule has 0 saturated heterocycles. The summed E-state index contributed by atoms with van der Waals surface area (Å²) >= 11 is 0. The zero-order valence-corrected chi connectivity index (χ0v) is 15.4. The fourth-order valence-electron chi connectivity index (χ4n) is 3.13. The third kappa shape index (κ3) is 3.40. The molecule has 0 aliphatic heterocycles. The first kappa shape index (κ1) is 17.6. The van der Waals surface area contributed by atoms with Crippen LogP contribution in [0.1, 0.15) is 5.56 Å². The minimum Gasteiger partial charge on any atom is -0.496 e. The highest BCUT2D eigenvalue weighted by Crippen LogP contribution is 2.32. The Labute approximate surface area is 163 Å². The molecule has 0 radical (unpaired) electrons. The molecule has 0 aliphatic rings. The maximum atomic E-state index is 12.7. The highest BCUT2D eigenvalue weighted by molar-refractivity contribution is 5.80. The van der Waals surface area contributed by atoms with Gasteiger partial charge in [0.25, 0.3) is 0 Å². The smallest absolute Gasteiger partial charge is 0.424 e. The number of methoxy groups -OCH3 is 1. The predicted molar refractivity (Wildman–Crippen MR) is 112 cm³/mol. The molecule has 3 aromatic carbocycles. The molecule has 4 rings (SSSR count). The van der Waals surface area contributed by atoms with E-state index in [0.29, 0.717) is 11.5 Å². The Hall–Kier alpha value is -3.79. The molecule has 1 aromatic heterocycles. The van der Waals surface area contributed by atoms with Crippen molar-refractivity contribution in [3.05, 3.63) is 101 Å². The number of nitrogens with zero attached hydrogens (tertiary/aromatic N) is 1. The number of hydrogen-bond acceptors (Lipinski definition) is 3. The van der Waals surface area contributed by atoms with Gasteiger partial charge in [-0.3, -0.25) is 0 Å². The Balaban J connectivity index is 1.89. The fourth-order valence-corrected chi connectivity index (χ4v) is 3.13. The van der Waals surface area contributed by atoms with E-state index < -0.39 is 5.76 Å². The van der Waals surface area contributed by atoms with Crippen LogP contribution in [-0.2, 0) is 0 Å². The van der Waals surface area contributed by atoms with Crippen LogP contribution in [0.2, 0.25) is 0 Å². The molecule has 28 heavy (non-hydrogen) atoms. The lowest BCUT2D eigenvalue weighted by molar-refractivity contribution is 0.414. The maximum Gasteiger partial charge on any atom is 0.424 e. The summed E-state index contributed by atoms with van der Waals surface area (Å²) in [6.07, 6.45) is 3.56. The molecule has 0 amide bonds. The first-order valence-electron chi connectivity index (χ1n) is 8.95. The highest BCUT2D eigenvalue weighted by atomic mass is 16.5. The third-order valence-electron chi connectivity index (χ3n) is 4.47. The van der Waals surface area contributed by atoms with E-state index in [1.165, 1.54) is 4.57 Å². The topological polar surface area (TPSA) is 44.4 Å². The van der Waals surface area contributed by atoms with Gasteiger partial charge in [-0.25, -0.2) is 9.36 Å². The van der Waals surface area contributed by atoms with E-state index in [4.69, 9.17) is 9.15 Å². The second kappa shape index (κ2) is 7.84. The average molecular weight is 369 g/mol. The van der Waals surface area contributed by atoms with Gasteiger partial charge in [0.05, 0.1) is 7.11 Å². The van der Waals surface area contributed by atoms with Crippen molar-refractivity contribution in [1.82, 2.24) is 4.57 Å². The summed E-state index contributed by atoms with van der Waals surface area (Å²) in [5.41, 5.74) is 3.33. The van der Waals surface area contributed by atoms with E-state index >= 15 is 0 Å². The summed E-state index contributed by atoms with van der Waals surface area (Å²) in [4.78, 5) is 12.7. The van der Waals surface area contributed by atoms with Gasteiger partial charge in [-0.05, 0) is 12.1 Å². The van der Waals surface area contributed by atoms with Gasteiger partial charge in [0.15, 0.2) is 5.76 Å². The van der Waals surface area contributed by atoms with E-state index in [9.17, 15) is 4.79 Å². The van der Waals surface area contributed by atoms with Gasteiger partial charge in [-0.15, -0.1) is 0 Å². The quantitative estimate of drug-likeness (QED) is 0.472. The minimum absolute atomic E-state index is 0.441. The standard InChI is InChI=1S/C24H19NO3/c1-27-21-15-9-8-10-18(21)16-17-25-22(19-11-4-2-5-12-19)23(28-24(25)26)20-13-6-3-7-14-20/h2-17H,1H3/b17-16+. The number of rotatable bonds is 5. The molecule has 4 heteroatoms. The van der Waals surface area contributed by atoms with Crippen molar-refractivity contribution in [1.29, 1.82) is 0 Å². The number of benzene rings is 3. The third-order valence-corrected chi connectivity index (χ3v) is 4.47. The molecule has 4 nitrogen and oxygen atoms in total. The van der Waals surface area contributed by atoms with Gasteiger partial charge in [0.1, 0.15) is 11.4 Å². The van der Waals surface area contributed by atoms with Crippen molar-refractivity contribution >= 4 is 12.3 Å². The van der Waals surface area contributed by atoms with Crippen molar-refractivity contribution in [3.8, 4) is 28.3 Å². The van der Waals surface area contributed by atoms with Crippen LogP contribution in [0.15, 0.2) is 94.1 Å². The van der Waals surface area contributed by atoms with Crippen molar-refractivity contribution in [2.45, 2.75) is 0 Å². The first-order valence-corrected chi connectivity index (χ1v) is 8.95. The molecule has 0 unspecified atom stereocenters. The lowest BCUT2D eigenvalue weighted by atomic mass is 10.1. The molecule has 0 bridgehead atoms. The first-order chi connectivity index (χ1) is 13.8. The average Bonchev–Trinajstić information content (AvgIpc) is 3.10. The van der Waals surface area contributed by atoms with Crippen LogP contribution >= 0.6 is 0 Å². The Kier molecular flexibility index (Phi) is 4.93. The van der Waals surface area contributed by atoms with Gasteiger partial charge < -0.3 is 9.15 Å². The number of ether oxygens (including phenoxy) is 1. The predicted octanol–water partition coefficient (Wildman–Crippen LogP) is 5.41. The maximum absolute atomic E-state index is 12.7. The van der Waals surface area contributed by atoms with E-state index in [-0.39, 0.29) is 0 Å². The van der Waals surface area contributed by atoms with Gasteiger partial charge in [-0.2, -0.15) is 0 Å². The number of oxazole rings is 1. The fraction of sp³-hybridized carbons (Fsp3) is 0.0417. The molecule has 0 fully saturated rings. The van der Waals surface area contributed by atoms with Crippen LogP contribution in [0.3, 0.4) is 0 Å².